The number of rotatable bonds is 4. The number of alkyl halides is 2. The van der Waals surface area contributed by atoms with Crippen LogP contribution in [0, 0.1) is 0 Å². The van der Waals surface area contributed by atoms with Crippen molar-refractivity contribution in [2.45, 2.75) is 19.8 Å². The van der Waals surface area contributed by atoms with E-state index in [9.17, 15) is 18.7 Å². The summed E-state index contributed by atoms with van der Waals surface area (Å²) in [5.74, 6) is -1.29. The van der Waals surface area contributed by atoms with E-state index >= 15 is 0 Å². The molecule has 1 N–H and O–H groups in total. The van der Waals surface area contributed by atoms with Crippen LogP contribution >= 0.6 is 15.9 Å². The maximum Gasteiger partial charge on any atom is 0.310 e. The van der Waals surface area contributed by atoms with Crippen LogP contribution in [0.3, 0.4) is 0 Å². The molecule has 4 nitrogen and oxygen atoms in total. The topological polar surface area (TPSA) is 59.4 Å². The molecular weight excluding hydrogens is 300 g/mol. The van der Waals surface area contributed by atoms with Gasteiger partial charge in [-0.3, -0.25) is 4.79 Å². The first kappa shape index (κ1) is 13.8. The lowest BCUT2D eigenvalue weighted by Gasteiger charge is -2.11. The minimum atomic E-state index is -2.89. The molecule has 0 radical (unpaired) electrons. The second-order valence-corrected chi connectivity index (χ2v) is 3.86. The average molecular weight is 310 g/mol. The fourth-order valence-corrected chi connectivity index (χ4v) is 1.76. The molecule has 94 valence electrons. The molecule has 0 aromatic carbocycles. The van der Waals surface area contributed by atoms with Crippen molar-refractivity contribution in [3.63, 3.8) is 0 Å². The summed E-state index contributed by atoms with van der Waals surface area (Å²) in [6.07, 6.45) is -2.35. The Hall–Kier alpha value is -1.24. The number of hydrogen-bond acceptors (Lipinski definition) is 4. The van der Waals surface area contributed by atoms with Crippen LogP contribution in [0.1, 0.15) is 24.5 Å². The number of aromatic hydroxyl groups is 1. The number of carbonyl (C=O) groups excluding carboxylic acids is 1. The number of halogens is 3. The van der Waals surface area contributed by atoms with Gasteiger partial charge in [-0.05, 0) is 22.9 Å². The fourth-order valence-electron chi connectivity index (χ4n) is 1.30. The summed E-state index contributed by atoms with van der Waals surface area (Å²) in [7, 11) is 0. The van der Waals surface area contributed by atoms with E-state index in [0.29, 0.717) is 0 Å². The molecule has 1 heterocycles. The highest BCUT2D eigenvalue weighted by Gasteiger charge is 2.23. The minimum absolute atomic E-state index is 0.0570. The van der Waals surface area contributed by atoms with Gasteiger partial charge in [0.2, 0.25) is 0 Å². The normalized spacial score (nSPS) is 10.6. The highest BCUT2D eigenvalue weighted by atomic mass is 79.9. The zero-order valence-corrected chi connectivity index (χ0v) is 10.5. The van der Waals surface area contributed by atoms with Crippen LogP contribution in [-0.2, 0) is 16.0 Å². The van der Waals surface area contributed by atoms with Crippen molar-refractivity contribution in [3.05, 3.63) is 21.9 Å². The van der Waals surface area contributed by atoms with E-state index in [1.54, 1.807) is 6.92 Å². The third-order valence-corrected chi connectivity index (χ3v) is 2.68. The number of aromatic nitrogens is 1. The maximum atomic E-state index is 12.7. The number of esters is 1. The van der Waals surface area contributed by atoms with Crippen LogP contribution in [0.5, 0.6) is 5.75 Å². The van der Waals surface area contributed by atoms with Gasteiger partial charge >= 0.3 is 5.97 Å². The van der Waals surface area contributed by atoms with E-state index in [1.165, 1.54) is 0 Å². The lowest BCUT2D eigenvalue weighted by Crippen LogP contribution is -2.11. The largest absolute Gasteiger partial charge is 0.506 e. The van der Waals surface area contributed by atoms with Crippen molar-refractivity contribution in [1.82, 2.24) is 4.98 Å². The highest BCUT2D eigenvalue weighted by Crippen LogP contribution is 2.34. The van der Waals surface area contributed by atoms with E-state index in [1.807, 2.05) is 0 Å². The van der Waals surface area contributed by atoms with Crippen molar-refractivity contribution < 1.29 is 23.4 Å². The van der Waals surface area contributed by atoms with Crippen LogP contribution in [0.4, 0.5) is 8.78 Å². The minimum Gasteiger partial charge on any atom is -0.506 e. The summed E-state index contributed by atoms with van der Waals surface area (Å²) < 4.78 is 30.2. The van der Waals surface area contributed by atoms with Crippen LogP contribution in [0.25, 0.3) is 0 Å². The van der Waals surface area contributed by atoms with Crippen LogP contribution in [0.2, 0.25) is 0 Å². The molecule has 1 aromatic heterocycles. The smallest absolute Gasteiger partial charge is 0.310 e. The predicted molar refractivity (Wildman–Crippen MR) is 58.9 cm³/mol. The van der Waals surface area contributed by atoms with E-state index in [2.05, 4.69) is 25.7 Å². The van der Waals surface area contributed by atoms with Gasteiger partial charge in [0.25, 0.3) is 6.43 Å². The summed E-state index contributed by atoms with van der Waals surface area (Å²) in [4.78, 5) is 14.9. The van der Waals surface area contributed by atoms with Gasteiger partial charge in [0.15, 0.2) is 0 Å². The molecule has 0 fully saturated rings. The van der Waals surface area contributed by atoms with E-state index in [0.717, 1.165) is 6.20 Å². The van der Waals surface area contributed by atoms with E-state index < -0.39 is 23.7 Å². The Bertz CT molecular complexity index is 426. The van der Waals surface area contributed by atoms with Crippen molar-refractivity contribution in [3.8, 4) is 5.75 Å². The Morgan fingerprint density at radius 1 is 1.65 bits per heavy atom. The molecule has 0 aliphatic heterocycles. The van der Waals surface area contributed by atoms with Crippen LogP contribution in [0.15, 0.2) is 10.8 Å². The zero-order chi connectivity index (χ0) is 13.0. The third-order valence-electron chi connectivity index (χ3n) is 1.99. The van der Waals surface area contributed by atoms with Gasteiger partial charge in [0.05, 0.1) is 24.8 Å². The first-order valence-corrected chi connectivity index (χ1v) is 5.56. The van der Waals surface area contributed by atoms with Gasteiger partial charge in [-0.25, -0.2) is 13.8 Å². The average Bonchev–Trinajstić information content (AvgIpc) is 2.23. The van der Waals surface area contributed by atoms with E-state index in [4.69, 9.17) is 0 Å². The Balaban J connectivity index is 3.12. The molecule has 0 unspecified atom stereocenters. The molecule has 0 aliphatic rings. The van der Waals surface area contributed by atoms with E-state index in [-0.39, 0.29) is 23.2 Å². The Morgan fingerprint density at radius 2 is 2.29 bits per heavy atom. The monoisotopic (exact) mass is 309 g/mol. The molecule has 1 aromatic rings. The molecule has 0 aliphatic carbocycles. The maximum absolute atomic E-state index is 12.7. The molecule has 17 heavy (non-hydrogen) atoms. The molecule has 0 saturated carbocycles. The molecule has 0 spiro atoms. The Kier molecular flexibility index (Phi) is 4.80. The predicted octanol–water partition coefficient (Wildman–Crippen LogP) is 2.59. The fraction of sp³-hybridized carbons (Fsp3) is 0.400. The summed E-state index contributed by atoms with van der Waals surface area (Å²) in [6.45, 7) is 1.77. The second kappa shape index (κ2) is 5.90. The van der Waals surface area contributed by atoms with Gasteiger partial charge in [-0.1, -0.05) is 0 Å². The summed E-state index contributed by atoms with van der Waals surface area (Å²) in [5.41, 5.74) is -0.654. The van der Waals surface area contributed by atoms with Crippen LogP contribution < -0.4 is 0 Å². The number of nitrogens with zero attached hydrogens (tertiary/aromatic N) is 1. The first-order chi connectivity index (χ1) is 7.97. The quantitative estimate of drug-likeness (QED) is 0.686. The molecular formula is C10H10BrF2NO3. The summed E-state index contributed by atoms with van der Waals surface area (Å²) in [6, 6.07) is 0. The Morgan fingerprint density at radius 3 is 2.82 bits per heavy atom. The van der Waals surface area contributed by atoms with Crippen LogP contribution in [-0.4, -0.2) is 22.7 Å². The van der Waals surface area contributed by atoms with Crippen molar-refractivity contribution in [1.29, 1.82) is 0 Å². The number of carbonyl (C=O) groups is 1. The lowest BCUT2D eigenvalue weighted by atomic mass is 10.1. The number of hydrogen-bond donors (Lipinski definition) is 1. The van der Waals surface area contributed by atoms with Crippen molar-refractivity contribution in [2.75, 3.05) is 6.61 Å². The Labute approximate surface area is 105 Å². The van der Waals surface area contributed by atoms with Gasteiger partial charge in [-0.15, -0.1) is 0 Å². The van der Waals surface area contributed by atoms with Crippen molar-refractivity contribution in [2.24, 2.45) is 0 Å². The molecule has 0 bridgehead atoms. The zero-order valence-electron chi connectivity index (χ0n) is 8.91. The van der Waals surface area contributed by atoms with Gasteiger partial charge in [-0.2, -0.15) is 0 Å². The highest BCUT2D eigenvalue weighted by molar-refractivity contribution is 9.10. The first-order valence-electron chi connectivity index (χ1n) is 4.77. The second-order valence-electron chi connectivity index (χ2n) is 3.11. The lowest BCUT2D eigenvalue weighted by molar-refractivity contribution is -0.142. The van der Waals surface area contributed by atoms with Gasteiger partial charge in [0.1, 0.15) is 10.4 Å². The molecule has 0 saturated heterocycles. The number of ether oxygens (including phenoxy) is 1. The third kappa shape index (κ3) is 3.36. The number of pyridine rings is 1. The van der Waals surface area contributed by atoms with Crippen molar-refractivity contribution >= 4 is 21.9 Å². The van der Waals surface area contributed by atoms with Gasteiger partial charge < -0.3 is 9.84 Å². The summed E-state index contributed by atoms with van der Waals surface area (Å²) >= 11 is 2.97. The molecule has 1 rings (SSSR count). The molecule has 0 atom stereocenters. The molecule has 0 amide bonds. The SMILES string of the molecule is CCOC(=O)Cc1c(Br)ncc(O)c1C(F)F. The standard InChI is InChI=1S/C10H10BrF2NO3/c1-2-17-7(16)3-5-8(10(12)13)6(15)4-14-9(5)11/h4,10,15H,2-3H2,1H3. The molecule has 7 heteroatoms. The van der Waals surface area contributed by atoms with Gasteiger partial charge in [0, 0.05) is 5.56 Å². The summed E-state index contributed by atoms with van der Waals surface area (Å²) in [5, 5.41) is 9.31.